The topological polar surface area (TPSA) is 113 Å². The van der Waals surface area contributed by atoms with Crippen LogP contribution in [0.3, 0.4) is 0 Å². The summed E-state index contributed by atoms with van der Waals surface area (Å²) in [5.41, 5.74) is 2.38. The molecule has 2 aromatic carbocycles. The van der Waals surface area contributed by atoms with Crippen LogP contribution in [-0.2, 0) is 16.0 Å². The summed E-state index contributed by atoms with van der Waals surface area (Å²) in [4.78, 5) is 41.5. The van der Waals surface area contributed by atoms with Gasteiger partial charge in [0.05, 0.1) is 0 Å². The van der Waals surface area contributed by atoms with Crippen molar-refractivity contribution in [2.24, 2.45) is 0 Å². The molecular formula is C21H18N4O5. The Hall–Kier alpha value is -4.01. The predicted molar refractivity (Wildman–Crippen MR) is 107 cm³/mol. The maximum atomic E-state index is 12.7. The average molecular weight is 406 g/mol. The predicted octanol–water partition coefficient (Wildman–Crippen LogP) is 2.00. The number of carbonyl (C=O) groups excluding carboxylic acids is 3. The summed E-state index contributed by atoms with van der Waals surface area (Å²) >= 11 is 0. The van der Waals surface area contributed by atoms with Gasteiger partial charge < -0.3 is 25.1 Å². The van der Waals surface area contributed by atoms with Crippen LogP contribution < -0.4 is 20.1 Å². The van der Waals surface area contributed by atoms with Crippen molar-refractivity contribution >= 4 is 34.4 Å². The minimum Gasteiger partial charge on any atom is -0.454 e. The van der Waals surface area contributed by atoms with Crippen LogP contribution in [0, 0.1) is 0 Å². The lowest BCUT2D eigenvalue weighted by Gasteiger charge is -2.13. The molecule has 0 radical (unpaired) electrons. The number of rotatable bonds is 5. The first-order valence-corrected chi connectivity index (χ1v) is 9.45. The van der Waals surface area contributed by atoms with E-state index in [1.807, 2.05) is 30.5 Å². The Morgan fingerprint density at radius 3 is 2.87 bits per heavy atom. The minimum absolute atomic E-state index is 0.132. The Morgan fingerprint density at radius 2 is 1.97 bits per heavy atom. The molecule has 1 unspecified atom stereocenters. The molecule has 152 valence electrons. The zero-order chi connectivity index (χ0) is 20.7. The monoisotopic (exact) mass is 406 g/mol. The van der Waals surface area contributed by atoms with Crippen molar-refractivity contribution < 1.29 is 23.9 Å². The average Bonchev–Trinajstić information content (AvgIpc) is 3.43. The Bertz CT molecular complexity index is 1170. The van der Waals surface area contributed by atoms with Crippen molar-refractivity contribution in [3.8, 4) is 11.5 Å². The molecule has 0 saturated carbocycles. The number of anilines is 1. The van der Waals surface area contributed by atoms with Gasteiger partial charge in [0.2, 0.25) is 12.7 Å². The molecule has 3 aromatic rings. The van der Waals surface area contributed by atoms with Crippen LogP contribution in [0.15, 0.2) is 48.7 Å². The van der Waals surface area contributed by atoms with Crippen molar-refractivity contribution in [1.29, 1.82) is 0 Å². The van der Waals surface area contributed by atoms with Crippen LogP contribution in [0.25, 0.3) is 10.9 Å². The number of aromatic amines is 1. The van der Waals surface area contributed by atoms with Gasteiger partial charge in [0.1, 0.15) is 12.6 Å². The summed E-state index contributed by atoms with van der Waals surface area (Å²) in [5, 5.41) is 6.34. The quantitative estimate of drug-likeness (QED) is 0.561. The highest BCUT2D eigenvalue weighted by Crippen LogP contribution is 2.34. The van der Waals surface area contributed by atoms with Gasteiger partial charge in [-0.15, -0.1) is 0 Å². The van der Waals surface area contributed by atoms with Gasteiger partial charge in [0, 0.05) is 35.3 Å². The number of carbonyl (C=O) groups is 3. The van der Waals surface area contributed by atoms with Crippen molar-refractivity contribution in [2.75, 3.05) is 18.7 Å². The van der Waals surface area contributed by atoms with Crippen molar-refractivity contribution in [1.82, 2.24) is 15.2 Å². The fourth-order valence-corrected chi connectivity index (χ4v) is 3.70. The van der Waals surface area contributed by atoms with Gasteiger partial charge in [0.15, 0.2) is 11.5 Å². The van der Waals surface area contributed by atoms with E-state index in [0.717, 1.165) is 21.4 Å². The lowest BCUT2D eigenvalue weighted by molar-refractivity contribution is -0.130. The first kappa shape index (κ1) is 18.0. The number of aromatic nitrogens is 1. The molecule has 3 N–H and O–H groups in total. The molecule has 2 aliphatic rings. The van der Waals surface area contributed by atoms with E-state index in [0.29, 0.717) is 23.6 Å². The first-order chi connectivity index (χ1) is 14.6. The van der Waals surface area contributed by atoms with Gasteiger partial charge in [-0.1, -0.05) is 18.2 Å². The third-order valence-electron chi connectivity index (χ3n) is 5.16. The van der Waals surface area contributed by atoms with E-state index in [1.165, 1.54) is 0 Å². The highest BCUT2D eigenvalue weighted by molar-refractivity contribution is 6.08. The number of fused-ring (bicyclic) bond motifs is 2. The Morgan fingerprint density at radius 1 is 1.13 bits per heavy atom. The number of H-pyrrole nitrogens is 1. The molecule has 9 nitrogen and oxygen atoms in total. The maximum Gasteiger partial charge on any atom is 0.325 e. The van der Waals surface area contributed by atoms with Gasteiger partial charge >= 0.3 is 6.03 Å². The number of hydrogen-bond acceptors (Lipinski definition) is 5. The molecule has 1 atom stereocenters. The number of para-hydroxylation sites is 1. The van der Waals surface area contributed by atoms with E-state index < -0.39 is 23.9 Å². The molecular weight excluding hydrogens is 388 g/mol. The lowest BCUT2D eigenvalue weighted by atomic mass is 10.1. The number of imide groups is 1. The molecule has 4 amide bonds. The van der Waals surface area contributed by atoms with E-state index in [-0.39, 0.29) is 13.3 Å². The van der Waals surface area contributed by atoms with Crippen LogP contribution in [0.1, 0.15) is 5.56 Å². The number of ether oxygens (including phenoxy) is 2. The number of hydrogen-bond donors (Lipinski definition) is 3. The van der Waals surface area contributed by atoms with E-state index in [1.54, 1.807) is 18.2 Å². The van der Waals surface area contributed by atoms with Crippen molar-refractivity contribution in [3.05, 3.63) is 54.2 Å². The number of urea groups is 1. The van der Waals surface area contributed by atoms with Crippen LogP contribution in [0.2, 0.25) is 0 Å². The molecule has 2 aliphatic heterocycles. The lowest BCUT2D eigenvalue weighted by Crippen LogP contribution is -2.38. The third kappa shape index (κ3) is 3.20. The zero-order valence-corrected chi connectivity index (χ0v) is 15.8. The van der Waals surface area contributed by atoms with E-state index in [4.69, 9.17) is 9.47 Å². The van der Waals surface area contributed by atoms with Gasteiger partial charge in [-0.25, -0.2) is 4.79 Å². The molecule has 0 spiro atoms. The van der Waals surface area contributed by atoms with Crippen LogP contribution in [0.5, 0.6) is 11.5 Å². The number of nitrogens with zero attached hydrogens (tertiary/aromatic N) is 1. The molecule has 3 heterocycles. The summed E-state index contributed by atoms with van der Waals surface area (Å²) in [7, 11) is 0. The van der Waals surface area contributed by atoms with E-state index in [9.17, 15) is 14.4 Å². The smallest absolute Gasteiger partial charge is 0.325 e. The zero-order valence-electron chi connectivity index (χ0n) is 15.8. The Balaban J connectivity index is 1.24. The summed E-state index contributed by atoms with van der Waals surface area (Å²) < 4.78 is 10.5. The normalized spacial score (nSPS) is 17.5. The highest BCUT2D eigenvalue weighted by Gasteiger charge is 2.39. The fourth-order valence-electron chi connectivity index (χ4n) is 3.70. The second-order valence-corrected chi connectivity index (χ2v) is 7.11. The third-order valence-corrected chi connectivity index (χ3v) is 5.16. The maximum absolute atomic E-state index is 12.7. The molecule has 9 heteroatoms. The number of nitrogens with one attached hydrogen (secondary N) is 3. The molecule has 1 fully saturated rings. The van der Waals surface area contributed by atoms with E-state index >= 15 is 0 Å². The summed E-state index contributed by atoms with van der Waals surface area (Å²) in [6, 6.07) is 11.4. The molecule has 1 aromatic heterocycles. The minimum atomic E-state index is -0.713. The first-order valence-electron chi connectivity index (χ1n) is 9.45. The fraction of sp³-hybridized carbons (Fsp3) is 0.190. The Kier molecular flexibility index (Phi) is 4.27. The highest BCUT2D eigenvalue weighted by atomic mass is 16.7. The SMILES string of the molecule is O=C(CN1C(=O)NC(Cc2c[nH]c3ccccc23)C1=O)Nc1ccc2c(c1)OCO2. The van der Waals surface area contributed by atoms with Crippen LogP contribution >= 0.6 is 0 Å². The summed E-state index contributed by atoms with van der Waals surface area (Å²) in [6.07, 6.45) is 2.17. The molecule has 30 heavy (non-hydrogen) atoms. The van der Waals surface area contributed by atoms with E-state index in [2.05, 4.69) is 15.6 Å². The van der Waals surface area contributed by atoms with Gasteiger partial charge in [-0.2, -0.15) is 0 Å². The molecule has 0 aliphatic carbocycles. The van der Waals surface area contributed by atoms with Crippen LogP contribution in [-0.4, -0.2) is 47.1 Å². The second-order valence-electron chi connectivity index (χ2n) is 7.11. The van der Waals surface area contributed by atoms with Crippen LogP contribution in [0.4, 0.5) is 10.5 Å². The standard InChI is InChI=1S/C21H18N4O5/c26-19(23-13-5-6-17-18(8-13)30-11-29-17)10-25-20(27)16(24-21(25)28)7-12-9-22-15-4-2-1-3-14(12)15/h1-6,8-9,16,22H,7,10-11H2,(H,23,26)(H,24,28). The van der Waals surface area contributed by atoms with Crippen molar-refractivity contribution in [3.63, 3.8) is 0 Å². The molecule has 5 rings (SSSR count). The largest absolute Gasteiger partial charge is 0.454 e. The summed E-state index contributed by atoms with van der Waals surface area (Å²) in [6.45, 7) is -0.240. The molecule has 0 bridgehead atoms. The van der Waals surface area contributed by atoms with Gasteiger partial charge in [-0.05, 0) is 23.8 Å². The van der Waals surface area contributed by atoms with Gasteiger partial charge in [-0.3, -0.25) is 14.5 Å². The number of amides is 4. The number of benzene rings is 2. The van der Waals surface area contributed by atoms with Gasteiger partial charge in [0.25, 0.3) is 5.91 Å². The summed E-state index contributed by atoms with van der Waals surface area (Å²) in [5.74, 6) is 0.222. The second kappa shape index (κ2) is 7.11. The van der Waals surface area contributed by atoms with Crippen molar-refractivity contribution in [2.45, 2.75) is 12.5 Å². The Labute approximate surface area is 170 Å². The molecule has 1 saturated heterocycles.